The molecule has 132 valence electrons. The molecule has 1 aliphatic rings. The first kappa shape index (κ1) is 19.1. The monoisotopic (exact) mass is 414 g/mol. The van der Waals surface area contributed by atoms with Crippen molar-refractivity contribution in [2.75, 3.05) is 46.5 Å². The molecule has 0 spiro atoms. The highest BCUT2D eigenvalue weighted by atomic mass is 79.9. The molecule has 0 bridgehead atoms. The first-order chi connectivity index (χ1) is 11.7. The lowest BCUT2D eigenvalue weighted by molar-refractivity contribution is 0.0376. The molecule has 1 aliphatic heterocycles. The zero-order chi connectivity index (χ0) is 17.2. The fourth-order valence-electron chi connectivity index (χ4n) is 2.34. The second kappa shape index (κ2) is 10.6. The smallest absolute Gasteiger partial charge is 0.186 e. The van der Waals surface area contributed by atoms with E-state index < -0.39 is 0 Å². The van der Waals surface area contributed by atoms with Gasteiger partial charge in [0.15, 0.2) is 5.11 Å². The maximum atomic E-state index is 5.33. The van der Waals surface area contributed by atoms with Crippen LogP contribution in [-0.2, 0) is 4.74 Å². The fourth-order valence-corrected chi connectivity index (χ4v) is 2.87. The van der Waals surface area contributed by atoms with Crippen LogP contribution in [-0.4, -0.2) is 62.7 Å². The van der Waals surface area contributed by atoms with Gasteiger partial charge in [-0.1, -0.05) is 15.9 Å². The van der Waals surface area contributed by atoms with Crippen LogP contribution in [0.25, 0.3) is 0 Å². The third-order valence-corrected chi connectivity index (χ3v) is 4.33. The minimum atomic E-state index is 0.516. The Labute approximate surface area is 156 Å². The largest absolute Gasteiger partial charge is 0.496 e. The minimum absolute atomic E-state index is 0.516. The molecular weight excluding hydrogens is 392 g/mol. The number of thiocarbonyl (C=S) groups is 1. The summed E-state index contributed by atoms with van der Waals surface area (Å²) < 4.78 is 11.6. The lowest BCUT2D eigenvalue weighted by Crippen LogP contribution is -2.39. The van der Waals surface area contributed by atoms with Gasteiger partial charge in [-0.05, 0) is 43.4 Å². The van der Waals surface area contributed by atoms with E-state index in [9.17, 15) is 0 Å². The Morgan fingerprint density at radius 1 is 1.46 bits per heavy atom. The Bertz CT molecular complexity index is 565. The van der Waals surface area contributed by atoms with Gasteiger partial charge >= 0.3 is 0 Å². The molecular formula is C16H23BrN4O2S. The maximum absolute atomic E-state index is 5.33. The second-order valence-corrected chi connectivity index (χ2v) is 6.64. The number of rotatable bonds is 7. The van der Waals surface area contributed by atoms with Crippen LogP contribution in [0.3, 0.4) is 0 Å². The Balaban J connectivity index is 1.66. The standard InChI is InChI=1S/C16H23BrN4O2S/c1-22-15-4-3-14(17)11-13(15)12-19-20-16(24)18-5-2-6-21-7-9-23-10-8-21/h3-4,11-12H,2,5-10H2,1H3,(H2,18,20,24)/b19-12+. The van der Waals surface area contributed by atoms with Crippen LogP contribution in [0.1, 0.15) is 12.0 Å². The number of benzene rings is 1. The van der Waals surface area contributed by atoms with Crippen molar-refractivity contribution in [1.82, 2.24) is 15.6 Å². The molecule has 0 aliphatic carbocycles. The van der Waals surface area contributed by atoms with Gasteiger partial charge in [-0.25, -0.2) is 0 Å². The summed E-state index contributed by atoms with van der Waals surface area (Å²) in [5.41, 5.74) is 3.70. The SMILES string of the molecule is COc1ccc(Br)cc1/C=N/NC(=S)NCCCN1CCOCC1. The molecule has 0 amide bonds. The molecule has 2 N–H and O–H groups in total. The van der Waals surface area contributed by atoms with Crippen molar-refractivity contribution >= 4 is 39.5 Å². The van der Waals surface area contributed by atoms with E-state index in [2.05, 4.69) is 36.7 Å². The summed E-state index contributed by atoms with van der Waals surface area (Å²) in [6, 6.07) is 5.74. The van der Waals surface area contributed by atoms with Crippen molar-refractivity contribution in [1.29, 1.82) is 0 Å². The first-order valence-corrected chi connectivity index (χ1v) is 9.09. The van der Waals surface area contributed by atoms with E-state index in [1.807, 2.05) is 18.2 Å². The van der Waals surface area contributed by atoms with Gasteiger partial charge in [0.25, 0.3) is 0 Å². The van der Waals surface area contributed by atoms with E-state index in [1.54, 1.807) is 13.3 Å². The Hall–Kier alpha value is -1.22. The van der Waals surface area contributed by atoms with Gasteiger partial charge < -0.3 is 14.8 Å². The molecule has 0 saturated carbocycles. The van der Waals surface area contributed by atoms with E-state index in [1.165, 1.54) is 0 Å². The lowest BCUT2D eigenvalue weighted by Gasteiger charge is -2.26. The van der Waals surface area contributed by atoms with Crippen molar-refractivity contribution in [3.63, 3.8) is 0 Å². The van der Waals surface area contributed by atoms with Crippen LogP contribution in [0.4, 0.5) is 0 Å². The summed E-state index contributed by atoms with van der Waals surface area (Å²) in [7, 11) is 1.63. The molecule has 1 fully saturated rings. The molecule has 24 heavy (non-hydrogen) atoms. The van der Waals surface area contributed by atoms with Crippen LogP contribution in [0.5, 0.6) is 5.75 Å². The van der Waals surface area contributed by atoms with Crippen LogP contribution in [0, 0.1) is 0 Å². The van der Waals surface area contributed by atoms with Crippen LogP contribution in [0.2, 0.25) is 0 Å². The molecule has 8 heteroatoms. The number of nitrogens with one attached hydrogen (secondary N) is 2. The Kier molecular flexibility index (Phi) is 8.44. The summed E-state index contributed by atoms with van der Waals surface area (Å²) in [4.78, 5) is 2.40. The highest BCUT2D eigenvalue weighted by Crippen LogP contribution is 2.21. The quantitative estimate of drug-likeness (QED) is 0.308. The third-order valence-electron chi connectivity index (χ3n) is 3.60. The Morgan fingerprint density at radius 2 is 2.25 bits per heavy atom. The third kappa shape index (κ3) is 6.72. The first-order valence-electron chi connectivity index (χ1n) is 7.89. The molecule has 1 saturated heterocycles. The molecule has 2 rings (SSSR count). The number of methoxy groups -OCH3 is 1. The van der Waals surface area contributed by atoms with Crippen molar-refractivity contribution in [2.24, 2.45) is 5.10 Å². The molecule has 0 radical (unpaired) electrons. The molecule has 0 atom stereocenters. The summed E-state index contributed by atoms with van der Waals surface area (Å²) >= 11 is 8.65. The summed E-state index contributed by atoms with van der Waals surface area (Å²) in [6.07, 6.45) is 2.72. The number of ether oxygens (including phenoxy) is 2. The van der Waals surface area contributed by atoms with Gasteiger partial charge in [-0.3, -0.25) is 10.3 Å². The molecule has 6 nitrogen and oxygen atoms in total. The highest BCUT2D eigenvalue weighted by molar-refractivity contribution is 9.10. The maximum Gasteiger partial charge on any atom is 0.186 e. The van der Waals surface area contributed by atoms with E-state index in [0.29, 0.717) is 5.11 Å². The highest BCUT2D eigenvalue weighted by Gasteiger charge is 2.09. The van der Waals surface area contributed by atoms with Gasteiger partial charge in [0.05, 0.1) is 26.5 Å². The summed E-state index contributed by atoms with van der Waals surface area (Å²) in [5, 5.41) is 7.83. The van der Waals surface area contributed by atoms with E-state index in [-0.39, 0.29) is 0 Å². The fraction of sp³-hybridized carbons (Fsp3) is 0.500. The van der Waals surface area contributed by atoms with Crippen molar-refractivity contribution in [3.05, 3.63) is 28.2 Å². The zero-order valence-electron chi connectivity index (χ0n) is 13.8. The van der Waals surface area contributed by atoms with Crippen LogP contribution < -0.4 is 15.5 Å². The van der Waals surface area contributed by atoms with Crippen LogP contribution >= 0.6 is 28.1 Å². The van der Waals surface area contributed by atoms with Crippen molar-refractivity contribution < 1.29 is 9.47 Å². The predicted molar refractivity (Wildman–Crippen MR) is 104 cm³/mol. The van der Waals surface area contributed by atoms with Crippen LogP contribution in [0.15, 0.2) is 27.8 Å². The average molecular weight is 415 g/mol. The number of nitrogens with zero attached hydrogens (tertiary/aromatic N) is 2. The Morgan fingerprint density at radius 3 is 3.00 bits per heavy atom. The summed E-state index contributed by atoms with van der Waals surface area (Å²) in [6.45, 7) is 5.57. The molecule has 1 aromatic carbocycles. The molecule has 1 heterocycles. The normalized spacial score (nSPS) is 15.4. The predicted octanol–water partition coefficient (Wildman–Crippen LogP) is 1.98. The van der Waals surface area contributed by atoms with E-state index >= 15 is 0 Å². The number of hydrogen-bond acceptors (Lipinski definition) is 5. The number of hydrogen-bond donors (Lipinski definition) is 2. The van der Waals surface area contributed by atoms with Gasteiger partial charge in [0.1, 0.15) is 5.75 Å². The van der Waals surface area contributed by atoms with Crippen molar-refractivity contribution in [2.45, 2.75) is 6.42 Å². The number of halogens is 1. The average Bonchev–Trinajstić information content (AvgIpc) is 2.60. The van der Waals surface area contributed by atoms with Crippen molar-refractivity contribution in [3.8, 4) is 5.75 Å². The second-order valence-electron chi connectivity index (χ2n) is 5.32. The number of hydrazone groups is 1. The molecule has 0 aromatic heterocycles. The molecule has 1 aromatic rings. The van der Waals surface area contributed by atoms with Gasteiger partial charge in [0.2, 0.25) is 0 Å². The summed E-state index contributed by atoms with van der Waals surface area (Å²) in [5.74, 6) is 0.758. The van der Waals surface area contributed by atoms with E-state index in [4.69, 9.17) is 21.7 Å². The minimum Gasteiger partial charge on any atom is -0.496 e. The van der Waals surface area contributed by atoms with Gasteiger partial charge in [0, 0.05) is 29.7 Å². The topological polar surface area (TPSA) is 58.1 Å². The van der Waals surface area contributed by atoms with E-state index in [0.717, 1.165) is 61.6 Å². The molecule has 0 unspecified atom stereocenters. The zero-order valence-corrected chi connectivity index (χ0v) is 16.2. The van der Waals surface area contributed by atoms with Gasteiger partial charge in [-0.2, -0.15) is 5.10 Å². The van der Waals surface area contributed by atoms with Gasteiger partial charge in [-0.15, -0.1) is 0 Å². The lowest BCUT2D eigenvalue weighted by atomic mass is 10.2. The number of morpholine rings is 1.